The van der Waals surface area contributed by atoms with Crippen LogP contribution in [0.5, 0.6) is 0 Å². The van der Waals surface area contributed by atoms with Crippen molar-refractivity contribution in [3.63, 3.8) is 0 Å². The molecule has 0 spiro atoms. The van der Waals surface area contributed by atoms with Gasteiger partial charge in [0.15, 0.2) is 0 Å². The number of carboxylic acid groups (broad SMARTS) is 2. The molecule has 2 aromatic heterocycles. The standard InChI is InChI=1S/2C6H5NO2/c8-6(9)5-1-3-7-4-2-5;8-6(9)5-2-1-3-7-4-5/h2*1-4H,(H,8,9). The molecule has 0 unspecified atom stereocenters. The lowest BCUT2D eigenvalue weighted by molar-refractivity contribution is 0.0685. The molecule has 6 heteroatoms. The Bertz CT molecular complexity index is 465. The van der Waals surface area contributed by atoms with E-state index in [-0.39, 0.29) is 11.1 Å². The molecule has 0 aromatic carbocycles. The van der Waals surface area contributed by atoms with Crippen LogP contribution in [0.2, 0.25) is 0 Å². The minimum atomic E-state index is -0.942. The molecule has 0 radical (unpaired) electrons. The van der Waals surface area contributed by atoms with Gasteiger partial charge < -0.3 is 10.2 Å². The first-order chi connectivity index (χ1) is 8.61. The molecule has 92 valence electrons. The average molecular weight is 246 g/mol. The summed E-state index contributed by atoms with van der Waals surface area (Å²) in [6.07, 6.45) is 5.74. The Morgan fingerprint density at radius 3 is 1.78 bits per heavy atom. The Hall–Kier alpha value is -2.76. The average Bonchev–Trinajstić information content (AvgIpc) is 2.41. The fourth-order valence-corrected chi connectivity index (χ4v) is 0.984. The zero-order valence-electron chi connectivity index (χ0n) is 9.22. The molecule has 6 nitrogen and oxygen atoms in total. The van der Waals surface area contributed by atoms with E-state index < -0.39 is 11.9 Å². The van der Waals surface area contributed by atoms with Crippen molar-refractivity contribution < 1.29 is 19.8 Å². The predicted octanol–water partition coefficient (Wildman–Crippen LogP) is 1.56. The number of carbonyl (C=O) groups is 2. The summed E-state index contributed by atoms with van der Waals surface area (Å²) in [5, 5.41) is 16.7. The van der Waals surface area contributed by atoms with E-state index in [1.54, 1.807) is 6.07 Å². The third kappa shape index (κ3) is 4.40. The molecule has 0 bridgehead atoms. The van der Waals surface area contributed by atoms with E-state index in [0.717, 1.165) is 0 Å². The summed E-state index contributed by atoms with van der Waals surface area (Å²) in [6.45, 7) is 0. The molecule has 0 amide bonds. The summed E-state index contributed by atoms with van der Waals surface area (Å²) in [7, 11) is 0. The first-order valence-corrected chi connectivity index (χ1v) is 4.88. The van der Waals surface area contributed by atoms with Gasteiger partial charge in [0.05, 0.1) is 11.1 Å². The fraction of sp³-hybridized carbons (Fsp3) is 0. The number of hydrogen-bond donors (Lipinski definition) is 2. The van der Waals surface area contributed by atoms with Crippen molar-refractivity contribution in [2.24, 2.45) is 0 Å². The Kier molecular flexibility index (Phi) is 4.98. The van der Waals surface area contributed by atoms with E-state index in [9.17, 15) is 9.59 Å². The molecule has 0 saturated heterocycles. The van der Waals surface area contributed by atoms with Crippen molar-refractivity contribution in [2.45, 2.75) is 0 Å². The van der Waals surface area contributed by atoms with Gasteiger partial charge in [-0.2, -0.15) is 0 Å². The van der Waals surface area contributed by atoms with Crippen LogP contribution in [0.25, 0.3) is 0 Å². The predicted molar refractivity (Wildman–Crippen MR) is 62.4 cm³/mol. The lowest BCUT2D eigenvalue weighted by Gasteiger charge is -1.87. The van der Waals surface area contributed by atoms with Gasteiger partial charge in [-0.3, -0.25) is 9.97 Å². The summed E-state index contributed by atoms with van der Waals surface area (Å²) in [5.74, 6) is -1.86. The topological polar surface area (TPSA) is 100 Å². The molecule has 2 rings (SSSR count). The SMILES string of the molecule is O=C(O)c1cccnc1.O=C(O)c1ccncc1. The molecule has 2 heterocycles. The Morgan fingerprint density at radius 2 is 1.44 bits per heavy atom. The molecule has 0 aliphatic carbocycles. The van der Waals surface area contributed by atoms with Crippen LogP contribution in [0, 0.1) is 0 Å². The van der Waals surface area contributed by atoms with Crippen molar-refractivity contribution in [3.05, 3.63) is 60.2 Å². The van der Waals surface area contributed by atoms with Crippen molar-refractivity contribution in [3.8, 4) is 0 Å². The molecule has 0 fully saturated rings. The largest absolute Gasteiger partial charge is 0.478 e. The van der Waals surface area contributed by atoms with Gasteiger partial charge in [-0.15, -0.1) is 0 Å². The van der Waals surface area contributed by atoms with Gasteiger partial charge >= 0.3 is 11.9 Å². The fourth-order valence-electron chi connectivity index (χ4n) is 0.984. The monoisotopic (exact) mass is 246 g/mol. The Labute approximate surface area is 103 Å². The van der Waals surface area contributed by atoms with Crippen molar-refractivity contribution in [1.29, 1.82) is 0 Å². The zero-order chi connectivity index (χ0) is 13.4. The van der Waals surface area contributed by atoms with Gasteiger partial charge in [-0.05, 0) is 24.3 Å². The Morgan fingerprint density at radius 1 is 0.833 bits per heavy atom. The van der Waals surface area contributed by atoms with Crippen LogP contribution in [-0.2, 0) is 0 Å². The van der Waals surface area contributed by atoms with Crippen LogP contribution >= 0.6 is 0 Å². The van der Waals surface area contributed by atoms with Crippen LogP contribution in [0.1, 0.15) is 20.7 Å². The highest BCUT2D eigenvalue weighted by molar-refractivity contribution is 5.87. The first-order valence-electron chi connectivity index (χ1n) is 4.88. The zero-order valence-corrected chi connectivity index (χ0v) is 9.22. The Balaban J connectivity index is 0.000000180. The van der Waals surface area contributed by atoms with Crippen LogP contribution in [0.4, 0.5) is 0 Å². The minimum Gasteiger partial charge on any atom is -0.478 e. The number of aromatic nitrogens is 2. The lowest BCUT2D eigenvalue weighted by Crippen LogP contribution is -1.94. The highest BCUT2D eigenvalue weighted by Crippen LogP contribution is 1.94. The van der Waals surface area contributed by atoms with Crippen molar-refractivity contribution in [1.82, 2.24) is 9.97 Å². The maximum atomic E-state index is 10.2. The van der Waals surface area contributed by atoms with E-state index in [0.29, 0.717) is 0 Å². The highest BCUT2D eigenvalue weighted by atomic mass is 16.4. The molecule has 18 heavy (non-hydrogen) atoms. The van der Waals surface area contributed by atoms with Crippen molar-refractivity contribution in [2.75, 3.05) is 0 Å². The normalized spacial score (nSPS) is 8.89. The second kappa shape index (κ2) is 6.74. The summed E-state index contributed by atoms with van der Waals surface area (Å²) < 4.78 is 0. The molecular formula is C12H10N2O4. The number of nitrogens with zero attached hydrogens (tertiary/aromatic N) is 2. The summed E-state index contributed by atoms with van der Waals surface area (Å²) in [6, 6.07) is 5.98. The molecule has 0 aliphatic rings. The van der Waals surface area contributed by atoms with Crippen LogP contribution in [0.3, 0.4) is 0 Å². The number of carboxylic acids is 2. The smallest absolute Gasteiger partial charge is 0.337 e. The molecular weight excluding hydrogens is 236 g/mol. The van der Waals surface area contributed by atoms with Crippen molar-refractivity contribution >= 4 is 11.9 Å². The quantitative estimate of drug-likeness (QED) is 0.833. The third-order valence-corrected chi connectivity index (χ3v) is 1.84. The lowest BCUT2D eigenvalue weighted by atomic mass is 10.3. The van der Waals surface area contributed by atoms with E-state index in [4.69, 9.17) is 10.2 Å². The second-order valence-corrected chi connectivity index (χ2v) is 3.09. The third-order valence-electron chi connectivity index (χ3n) is 1.84. The molecule has 0 saturated carbocycles. The maximum absolute atomic E-state index is 10.2. The summed E-state index contributed by atoms with van der Waals surface area (Å²) >= 11 is 0. The number of hydrogen-bond acceptors (Lipinski definition) is 4. The molecule has 2 aromatic rings. The van der Waals surface area contributed by atoms with E-state index in [1.807, 2.05) is 0 Å². The van der Waals surface area contributed by atoms with E-state index >= 15 is 0 Å². The molecule has 0 atom stereocenters. The number of aromatic carboxylic acids is 2. The summed E-state index contributed by atoms with van der Waals surface area (Å²) in [4.78, 5) is 27.6. The number of rotatable bonds is 2. The van der Waals surface area contributed by atoms with Gasteiger partial charge in [0.2, 0.25) is 0 Å². The van der Waals surface area contributed by atoms with Gasteiger partial charge in [-0.1, -0.05) is 0 Å². The van der Waals surface area contributed by atoms with Gasteiger partial charge in [0, 0.05) is 24.8 Å². The minimum absolute atomic E-state index is 0.220. The van der Waals surface area contributed by atoms with E-state index in [2.05, 4.69) is 9.97 Å². The summed E-state index contributed by atoms with van der Waals surface area (Å²) in [5.41, 5.74) is 0.488. The number of pyridine rings is 2. The van der Waals surface area contributed by atoms with Crippen LogP contribution in [-0.4, -0.2) is 32.1 Å². The second-order valence-electron chi connectivity index (χ2n) is 3.09. The van der Waals surface area contributed by atoms with Gasteiger partial charge in [-0.25, -0.2) is 9.59 Å². The van der Waals surface area contributed by atoms with E-state index in [1.165, 1.54) is 43.0 Å². The molecule has 2 N–H and O–H groups in total. The van der Waals surface area contributed by atoms with Crippen LogP contribution < -0.4 is 0 Å². The van der Waals surface area contributed by atoms with Gasteiger partial charge in [0.1, 0.15) is 0 Å². The van der Waals surface area contributed by atoms with Gasteiger partial charge in [0.25, 0.3) is 0 Å². The highest BCUT2D eigenvalue weighted by Gasteiger charge is 1.98. The molecule has 0 aliphatic heterocycles. The first kappa shape index (κ1) is 13.3. The van der Waals surface area contributed by atoms with Crippen LogP contribution in [0.15, 0.2) is 49.1 Å². The maximum Gasteiger partial charge on any atom is 0.337 e.